The molecule has 1 aromatic carbocycles. The number of anilines is 2. The van der Waals surface area contributed by atoms with Crippen LogP contribution in [0.25, 0.3) is 0 Å². The average molecular weight is 363 g/mol. The quantitative estimate of drug-likeness (QED) is 0.809. The summed E-state index contributed by atoms with van der Waals surface area (Å²) in [6.07, 6.45) is 3.42. The maximum atomic E-state index is 12.5. The van der Waals surface area contributed by atoms with Gasteiger partial charge in [-0.05, 0) is 45.2 Å². The summed E-state index contributed by atoms with van der Waals surface area (Å²) in [6.45, 7) is 4.29. The van der Waals surface area contributed by atoms with Crippen LogP contribution in [0.1, 0.15) is 33.1 Å². The molecule has 3 rings (SSSR count). The Kier molecular flexibility index (Phi) is 5.73. The van der Waals surface area contributed by atoms with E-state index in [1.807, 2.05) is 35.2 Å². The van der Waals surface area contributed by atoms with Crippen LogP contribution in [0.5, 0.6) is 0 Å². The molecule has 5 nitrogen and oxygen atoms in total. The molecule has 0 saturated carbocycles. The zero-order valence-corrected chi connectivity index (χ0v) is 15.6. The molecule has 2 atom stereocenters. The number of para-hydroxylation sites is 1. The molecule has 2 heterocycles. The van der Waals surface area contributed by atoms with Crippen LogP contribution in [0.2, 0.25) is 0 Å². The van der Waals surface area contributed by atoms with Crippen LogP contribution < -0.4 is 5.32 Å². The molecule has 1 aliphatic rings. The first-order chi connectivity index (χ1) is 11.6. The number of benzene rings is 1. The lowest BCUT2D eigenvalue weighted by Crippen LogP contribution is -2.48. The molecule has 1 saturated heterocycles. The molecule has 1 N–H and O–H groups in total. The molecule has 1 aromatic heterocycles. The van der Waals surface area contributed by atoms with Gasteiger partial charge in [-0.3, -0.25) is 4.79 Å². The average Bonchev–Trinajstić information content (AvgIpc) is 3.01. The first-order valence-corrected chi connectivity index (χ1v) is 10.0. The Balaban J connectivity index is 1.54. The van der Waals surface area contributed by atoms with Gasteiger partial charge in [0.2, 0.25) is 11.0 Å². The maximum absolute atomic E-state index is 12.5. The molecule has 0 bridgehead atoms. The van der Waals surface area contributed by atoms with Gasteiger partial charge in [0.15, 0.2) is 4.34 Å². The number of aromatic nitrogens is 2. The van der Waals surface area contributed by atoms with Gasteiger partial charge in [0, 0.05) is 17.8 Å². The minimum absolute atomic E-state index is 0.201. The standard InChI is InChI=1S/C17H22N4OS2/c1-12-7-6-8-13(2)21(12)15(22)11-23-17-20-19-16(24-17)18-14-9-4-3-5-10-14/h3-5,9-10,12-13H,6-8,11H2,1-2H3,(H,18,19). The van der Waals surface area contributed by atoms with Crippen LogP contribution in [0.15, 0.2) is 34.7 Å². The van der Waals surface area contributed by atoms with Crippen LogP contribution in [0, 0.1) is 0 Å². The number of thioether (sulfide) groups is 1. The summed E-state index contributed by atoms with van der Waals surface area (Å²) in [5.41, 5.74) is 0.984. The van der Waals surface area contributed by atoms with Gasteiger partial charge in [0.1, 0.15) is 0 Å². The lowest BCUT2D eigenvalue weighted by Gasteiger charge is -2.39. The number of likely N-dealkylation sites (tertiary alicyclic amines) is 1. The van der Waals surface area contributed by atoms with Crippen molar-refractivity contribution >= 4 is 39.8 Å². The highest BCUT2D eigenvalue weighted by Crippen LogP contribution is 2.29. The molecule has 2 unspecified atom stereocenters. The summed E-state index contributed by atoms with van der Waals surface area (Å²) >= 11 is 2.95. The smallest absolute Gasteiger partial charge is 0.233 e. The van der Waals surface area contributed by atoms with Gasteiger partial charge in [-0.2, -0.15) is 0 Å². The fourth-order valence-electron chi connectivity index (χ4n) is 3.07. The second kappa shape index (κ2) is 7.98. The number of amides is 1. The molecule has 1 aliphatic heterocycles. The number of piperidine rings is 1. The highest BCUT2D eigenvalue weighted by atomic mass is 32.2. The van der Waals surface area contributed by atoms with Crippen LogP contribution in [-0.4, -0.2) is 38.8 Å². The number of carbonyl (C=O) groups is 1. The summed E-state index contributed by atoms with van der Waals surface area (Å²) in [5, 5.41) is 12.3. The Morgan fingerprint density at radius 2 is 1.96 bits per heavy atom. The summed E-state index contributed by atoms with van der Waals surface area (Å²) in [4.78, 5) is 14.6. The number of hydrogen-bond acceptors (Lipinski definition) is 6. The fourth-order valence-corrected chi connectivity index (χ4v) is 4.72. The molecule has 1 fully saturated rings. The van der Waals surface area contributed by atoms with Crippen molar-refractivity contribution in [3.8, 4) is 0 Å². The monoisotopic (exact) mass is 362 g/mol. The van der Waals surface area contributed by atoms with Gasteiger partial charge in [-0.1, -0.05) is 41.3 Å². The Morgan fingerprint density at radius 1 is 1.25 bits per heavy atom. The first-order valence-electron chi connectivity index (χ1n) is 8.23. The van der Waals surface area contributed by atoms with Gasteiger partial charge in [-0.25, -0.2) is 0 Å². The van der Waals surface area contributed by atoms with Gasteiger partial charge in [-0.15, -0.1) is 10.2 Å². The highest BCUT2D eigenvalue weighted by molar-refractivity contribution is 8.01. The molecule has 1 amide bonds. The van der Waals surface area contributed by atoms with Crippen LogP contribution in [0.3, 0.4) is 0 Å². The Labute approximate surface area is 150 Å². The van der Waals surface area contributed by atoms with Gasteiger partial charge in [0.05, 0.1) is 5.75 Å². The second-order valence-electron chi connectivity index (χ2n) is 6.08. The third-order valence-corrected chi connectivity index (χ3v) is 6.19. The minimum Gasteiger partial charge on any atom is -0.337 e. The van der Waals surface area contributed by atoms with E-state index >= 15 is 0 Å². The zero-order valence-electron chi connectivity index (χ0n) is 13.9. The van der Waals surface area contributed by atoms with Crippen molar-refractivity contribution in [2.24, 2.45) is 0 Å². The Bertz CT molecular complexity index is 666. The van der Waals surface area contributed by atoms with E-state index in [9.17, 15) is 4.79 Å². The van der Waals surface area contributed by atoms with E-state index in [0.717, 1.165) is 28.0 Å². The number of nitrogens with one attached hydrogen (secondary N) is 1. The second-order valence-corrected chi connectivity index (χ2v) is 8.28. The lowest BCUT2D eigenvalue weighted by molar-refractivity contribution is -0.134. The van der Waals surface area contributed by atoms with E-state index in [4.69, 9.17) is 0 Å². The zero-order chi connectivity index (χ0) is 16.9. The number of hydrogen-bond donors (Lipinski definition) is 1. The molecular formula is C17H22N4OS2. The molecule has 0 spiro atoms. The molecule has 2 aromatic rings. The molecule has 24 heavy (non-hydrogen) atoms. The van der Waals surface area contributed by atoms with E-state index in [0.29, 0.717) is 17.8 Å². The Hall–Kier alpha value is -1.60. The molecular weight excluding hydrogens is 340 g/mol. The summed E-state index contributed by atoms with van der Waals surface area (Å²) in [7, 11) is 0. The van der Waals surface area contributed by atoms with Crippen molar-refractivity contribution in [1.82, 2.24) is 15.1 Å². The molecule has 0 aliphatic carbocycles. The van der Waals surface area contributed by atoms with Crippen molar-refractivity contribution in [2.75, 3.05) is 11.1 Å². The number of nitrogens with zero attached hydrogens (tertiary/aromatic N) is 3. The van der Waals surface area contributed by atoms with Crippen molar-refractivity contribution in [2.45, 2.75) is 49.5 Å². The largest absolute Gasteiger partial charge is 0.337 e. The third kappa shape index (κ3) is 4.27. The summed E-state index contributed by atoms with van der Waals surface area (Å²) in [5.74, 6) is 0.627. The normalized spacial score (nSPS) is 20.8. The molecule has 0 radical (unpaired) electrons. The summed E-state index contributed by atoms with van der Waals surface area (Å²) < 4.78 is 0.819. The van der Waals surface area contributed by atoms with E-state index in [1.165, 1.54) is 29.5 Å². The van der Waals surface area contributed by atoms with E-state index in [2.05, 4.69) is 29.4 Å². The van der Waals surface area contributed by atoms with Gasteiger partial charge >= 0.3 is 0 Å². The van der Waals surface area contributed by atoms with E-state index in [-0.39, 0.29) is 5.91 Å². The van der Waals surface area contributed by atoms with E-state index < -0.39 is 0 Å². The van der Waals surface area contributed by atoms with Crippen molar-refractivity contribution in [1.29, 1.82) is 0 Å². The number of rotatable bonds is 5. The third-order valence-electron chi connectivity index (χ3n) is 4.23. The minimum atomic E-state index is 0.201. The SMILES string of the molecule is CC1CCCC(C)N1C(=O)CSc1nnc(Nc2ccccc2)s1. The maximum Gasteiger partial charge on any atom is 0.233 e. The van der Waals surface area contributed by atoms with Gasteiger partial charge in [0.25, 0.3) is 0 Å². The highest BCUT2D eigenvalue weighted by Gasteiger charge is 2.28. The predicted molar refractivity (Wildman–Crippen MR) is 100.0 cm³/mol. The van der Waals surface area contributed by atoms with Gasteiger partial charge < -0.3 is 10.2 Å². The van der Waals surface area contributed by atoms with Crippen LogP contribution in [-0.2, 0) is 4.79 Å². The van der Waals surface area contributed by atoms with Crippen LogP contribution in [0.4, 0.5) is 10.8 Å². The lowest BCUT2D eigenvalue weighted by atomic mass is 9.98. The Morgan fingerprint density at radius 3 is 2.67 bits per heavy atom. The van der Waals surface area contributed by atoms with Crippen molar-refractivity contribution in [3.63, 3.8) is 0 Å². The molecule has 7 heteroatoms. The first kappa shape index (κ1) is 17.2. The topological polar surface area (TPSA) is 58.1 Å². The van der Waals surface area contributed by atoms with Crippen molar-refractivity contribution in [3.05, 3.63) is 30.3 Å². The number of carbonyl (C=O) groups excluding carboxylic acids is 1. The van der Waals surface area contributed by atoms with Crippen molar-refractivity contribution < 1.29 is 4.79 Å². The molecule has 128 valence electrons. The fraction of sp³-hybridized carbons (Fsp3) is 0.471. The summed E-state index contributed by atoms with van der Waals surface area (Å²) in [6, 6.07) is 10.6. The predicted octanol–water partition coefficient (Wildman–Crippen LogP) is 4.16. The van der Waals surface area contributed by atoms with E-state index in [1.54, 1.807) is 0 Å². The van der Waals surface area contributed by atoms with Crippen LogP contribution >= 0.6 is 23.1 Å².